The number of halogens is 2. The van der Waals surface area contributed by atoms with Gasteiger partial charge in [-0.25, -0.2) is 0 Å². The molecule has 3 nitrogen and oxygen atoms in total. The predicted molar refractivity (Wildman–Crippen MR) is 69.8 cm³/mol. The van der Waals surface area contributed by atoms with Crippen LogP contribution in [0.2, 0.25) is 10.0 Å². The van der Waals surface area contributed by atoms with E-state index in [4.69, 9.17) is 23.2 Å². The van der Waals surface area contributed by atoms with Crippen molar-refractivity contribution in [2.45, 2.75) is 19.4 Å². The Morgan fingerprint density at radius 3 is 2.76 bits per heavy atom. The van der Waals surface area contributed by atoms with Crippen molar-refractivity contribution in [3.05, 3.63) is 44.4 Å². The van der Waals surface area contributed by atoms with Crippen molar-refractivity contribution in [1.82, 2.24) is 9.59 Å². The minimum absolute atomic E-state index is 0.431. The molecule has 1 aromatic heterocycles. The van der Waals surface area contributed by atoms with Gasteiger partial charge >= 0.3 is 0 Å². The Kier molecular flexibility index (Phi) is 3.99. The third kappa shape index (κ3) is 2.96. The highest BCUT2D eigenvalue weighted by molar-refractivity contribution is 7.05. The zero-order valence-electron chi connectivity index (χ0n) is 9.02. The van der Waals surface area contributed by atoms with E-state index >= 15 is 0 Å². The molecule has 0 aliphatic heterocycles. The van der Waals surface area contributed by atoms with Crippen LogP contribution in [0.4, 0.5) is 0 Å². The minimum Gasteiger partial charge on any atom is -0.387 e. The molecule has 0 aliphatic carbocycles. The average molecular weight is 289 g/mol. The summed E-state index contributed by atoms with van der Waals surface area (Å²) in [4.78, 5) is 0.774. The molecule has 1 atom stereocenters. The molecule has 0 amide bonds. The number of hydrogen-bond acceptors (Lipinski definition) is 4. The maximum atomic E-state index is 10.1. The fourth-order valence-corrected chi connectivity index (χ4v) is 2.65. The lowest BCUT2D eigenvalue weighted by molar-refractivity contribution is 0.181. The lowest BCUT2D eigenvalue weighted by Gasteiger charge is -2.10. The summed E-state index contributed by atoms with van der Waals surface area (Å²) in [6, 6.07) is 5.24. The monoisotopic (exact) mass is 288 g/mol. The highest BCUT2D eigenvalue weighted by Crippen LogP contribution is 2.28. The summed E-state index contributed by atoms with van der Waals surface area (Å²) < 4.78 is 3.80. The van der Waals surface area contributed by atoms with Crippen molar-refractivity contribution < 1.29 is 5.11 Å². The maximum Gasteiger partial charge on any atom is 0.0957 e. The van der Waals surface area contributed by atoms with Crippen LogP contribution in [0.1, 0.15) is 22.2 Å². The van der Waals surface area contributed by atoms with Crippen LogP contribution in [0.25, 0.3) is 0 Å². The first-order valence-electron chi connectivity index (χ1n) is 4.98. The van der Waals surface area contributed by atoms with Gasteiger partial charge in [-0.05, 0) is 36.2 Å². The number of nitrogens with zero attached hydrogens (tertiary/aromatic N) is 2. The first kappa shape index (κ1) is 12.8. The molecule has 0 radical (unpaired) electrons. The number of aryl methyl sites for hydroxylation is 1. The normalized spacial score (nSPS) is 12.7. The average Bonchev–Trinajstić information content (AvgIpc) is 2.68. The molecule has 0 saturated carbocycles. The second kappa shape index (κ2) is 5.31. The summed E-state index contributed by atoms with van der Waals surface area (Å²) in [5.41, 5.74) is 1.61. The van der Waals surface area contributed by atoms with Crippen LogP contribution in [-0.2, 0) is 6.42 Å². The lowest BCUT2D eigenvalue weighted by Crippen LogP contribution is -2.02. The zero-order valence-corrected chi connectivity index (χ0v) is 11.4. The van der Waals surface area contributed by atoms with Crippen LogP contribution in [0.15, 0.2) is 18.2 Å². The standard InChI is InChI=1S/C11H10Cl2N2OS/c1-6-11(17-15-14-6)10(16)4-7-2-3-8(12)5-9(7)13/h2-3,5,10,16H,4H2,1H3. The maximum absolute atomic E-state index is 10.1. The summed E-state index contributed by atoms with van der Waals surface area (Å²) in [5.74, 6) is 0. The molecule has 0 fully saturated rings. The molecule has 0 saturated heterocycles. The molecule has 1 aromatic carbocycles. The van der Waals surface area contributed by atoms with Gasteiger partial charge in [0.15, 0.2) is 0 Å². The van der Waals surface area contributed by atoms with Gasteiger partial charge in [-0.1, -0.05) is 33.8 Å². The van der Waals surface area contributed by atoms with Gasteiger partial charge in [0.1, 0.15) is 0 Å². The number of aliphatic hydroxyl groups is 1. The van der Waals surface area contributed by atoms with Crippen molar-refractivity contribution in [1.29, 1.82) is 0 Å². The molecular formula is C11H10Cl2N2OS. The molecule has 2 rings (SSSR count). The predicted octanol–water partition coefficient (Wildman–Crippen LogP) is 3.43. The Labute approximate surface area is 113 Å². The molecular weight excluding hydrogens is 279 g/mol. The molecule has 90 valence electrons. The number of aliphatic hydroxyl groups excluding tert-OH is 1. The van der Waals surface area contributed by atoms with E-state index in [9.17, 15) is 5.11 Å². The SMILES string of the molecule is Cc1nnsc1C(O)Cc1ccc(Cl)cc1Cl. The number of rotatable bonds is 3. The molecule has 6 heteroatoms. The molecule has 0 spiro atoms. The first-order chi connectivity index (χ1) is 8.08. The Morgan fingerprint density at radius 1 is 1.41 bits per heavy atom. The van der Waals surface area contributed by atoms with Crippen LogP contribution in [0, 0.1) is 6.92 Å². The molecule has 1 unspecified atom stereocenters. The number of benzene rings is 1. The van der Waals surface area contributed by atoms with Crippen molar-refractivity contribution in [2.75, 3.05) is 0 Å². The zero-order chi connectivity index (χ0) is 12.4. The molecule has 1 heterocycles. The second-order valence-electron chi connectivity index (χ2n) is 3.68. The van der Waals surface area contributed by atoms with E-state index in [2.05, 4.69) is 9.59 Å². The molecule has 17 heavy (non-hydrogen) atoms. The summed E-state index contributed by atoms with van der Waals surface area (Å²) >= 11 is 13.1. The van der Waals surface area contributed by atoms with Gasteiger partial charge in [-0.3, -0.25) is 0 Å². The fraction of sp³-hybridized carbons (Fsp3) is 0.273. The van der Waals surface area contributed by atoms with Crippen molar-refractivity contribution in [3.63, 3.8) is 0 Å². The second-order valence-corrected chi connectivity index (χ2v) is 5.31. The van der Waals surface area contributed by atoms with Crippen LogP contribution in [0.3, 0.4) is 0 Å². The summed E-state index contributed by atoms with van der Waals surface area (Å²) in [6.45, 7) is 1.82. The molecule has 0 aliphatic rings. The molecule has 0 bridgehead atoms. The Bertz CT molecular complexity index is 530. The van der Waals surface area contributed by atoms with Gasteiger partial charge in [0.2, 0.25) is 0 Å². The highest BCUT2D eigenvalue weighted by Gasteiger charge is 2.16. The van der Waals surface area contributed by atoms with E-state index in [-0.39, 0.29) is 0 Å². The minimum atomic E-state index is -0.631. The summed E-state index contributed by atoms with van der Waals surface area (Å²) in [6.07, 6.45) is -0.200. The van der Waals surface area contributed by atoms with Crippen LogP contribution < -0.4 is 0 Å². The van der Waals surface area contributed by atoms with E-state index in [0.717, 1.165) is 16.1 Å². The fourth-order valence-electron chi connectivity index (χ4n) is 1.53. The third-order valence-corrected chi connectivity index (χ3v) is 3.93. The molecule has 2 aromatic rings. The molecule has 1 N–H and O–H groups in total. The van der Waals surface area contributed by atoms with Crippen LogP contribution in [-0.4, -0.2) is 14.7 Å². The quantitative estimate of drug-likeness (QED) is 0.941. The van der Waals surface area contributed by atoms with Crippen molar-refractivity contribution >= 4 is 34.7 Å². The van der Waals surface area contributed by atoms with Gasteiger partial charge in [-0.2, -0.15) is 0 Å². The van der Waals surface area contributed by atoms with Crippen LogP contribution >= 0.6 is 34.7 Å². The topological polar surface area (TPSA) is 46.0 Å². The largest absolute Gasteiger partial charge is 0.387 e. The number of hydrogen-bond donors (Lipinski definition) is 1. The van der Waals surface area contributed by atoms with E-state index in [1.807, 2.05) is 13.0 Å². The highest BCUT2D eigenvalue weighted by atomic mass is 35.5. The van der Waals surface area contributed by atoms with Gasteiger partial charge in [0.25, 0.3) is 0 Å². The summed E-state index contributed by atoms with van der Waals surface area (Å²) in [5, 5.41) is 15.1. The summed E-state index contributed by atoms with van der Waals surface area (Å²) in [7, 11) is 0. The van der Waals surface area contributed by atoms with Gasteiger partial charge in [0.05, 0.1) is 16.7 Å². The van der Waals surface area contributed by atoms with E-state index in [1.54, 1.807) is 12.1 Å². The van der Waals surface area contributed by atoms with Gasteiger partial charge in [-0.15, -0.1) is 5.10 Å². The lowest BCUT2D eigenvalue weighted by atomic mass is 10.1. The van der Waals surface area contributed by atoms with Crippen molar-refractivity contribution in [3.8, 4) is 0 Å². The van der Waals surface area contributed by atoms with Gasteiger partial charge in [0, 0.05) is 16.5 Å². The number of aromatic nitrogens is 2. The Morgan fingerprint density at radius 2 is 2.18 bits per heavy atom. The van der Waals surface area contributed by atoms with Gasteiger partial charge < -0.3 is 5.11 Å². The smallest absolute Gasteiger partial charge is 0.0957 e. The Balaban J connectivity index is 2.19. The van der Waals surface area contributed by atoms with E-state index < -0.39 is 6.10 Å². The van der Waals surface area contributed by atoms with E-state index in [0.29, 0.717) is 16.5 Å². The van der Waals surface area contributed by atoms with Crippen LogP contribution in [0.5, 0.6) is 0 Å². The van der Waals surface area contributed by atoms with E-state index in [1.165, 1.54) is 11.5 Å². The third-order valence-electron chi connectivity index (χ3n) is 2.42. The first-order valence-corrected chi connectivity index (χ1v) is 6.51. The Hall–Kier alpha value is -0.680. The van der Waals surface area contributed by atoms with Crippen molar-refractivity contribution in [2.24, 2.45) is 0 Å².